The molecule has 0 aromatic heterocycles. The van der Waals surface area contributed by atoms with Crippen LogP contribution >= 0.6 is 0 Å². The second kappa shape index (κ2) is 6.84. The van der Waals surface area contributed by atoms with Crippen LogP contribution in [-0.2, 0) is 4.74 Å². The standard InChI is InChI=1S/C17H19NO6/c19-8-12-13(20)14(21)15(22)17(24-12)18-16(23)11-6-5-9-3-1-2-4-10(9)7-11/h1-7,12-15,17,19-22H,8H2,(H,18,23)/t12-,13-,14+,15-,17?/m1/s1. The van der Waals surface area contributed by atoms with Crippen LogP contribution in [0, 0.1) is 0 Å². The smallest absolute Gasteiger partial charge is 0.253 e. The molecule has 5 atom stereocenters. The van der Waals surface area contributed by atoms with E-state index in [0.29, 0.717) is 5.56 Å². The molecule has 5 N–H and O–H groups in total. The lowest BCUT2D eigenvalue weighted by Crippen LogP contribution is -2.63. The fourth-order valence-electron chi connectivity index (χ4n) is 2.76. The zero-order chi connectivity index (χ0) is 17.3. The minimum atomic E-state index is -1.53. The number of hydrogen-bond donors (Lipinski definition) is 5. The number of nitrogens with one attached hydrogen (secondary N) is 1. The maximum atomic E-state index is 12.4. The van der Waals surface area contributed by atoms with Gasteiger partial charge in [0.1, 0.15) is 24.4 Å². The van der Waals surface area contributed by atoms with E-state index in [4.69, 9.17) is 9.84 Å². The minimum absolute atomic E-state index is 0.366. The third-order valence-electron chi connectivity index (χ3n) is 4.18. The van der Waals surface area contributed by atoms with Crippen LogP contribution in [0.1, 0.15) is 10.4 Å². The summed E-state index contributed by atoms with van der Waals surface area (Å²) in [7, 11) is 0. The summed E-state index contributed by atoms with van der Waals surface area (Å²) in [5, 5.41) is 43.0. The number of aliphatic hydroxyl groups is 4. The Morgan fingerprint density at radius 1 is 1.00 bits per heavy atom. The first-order valence-electron chi connectivity index (χ1n) is 7.61. The average Bonchev–Trinajstić information content (AvgIpc) is 2.61. The van der Waals surface area contributed by atoms with Gasteiger partial charge in [-0.2, -0.15) is 0 Å². The molecule has 1 aliphatic rings. The highest BCUT2D eigenvalue weighted by molar-refractivity contribution is 5.98. The van der Waals surface area contributed by atoms with Gasteiger partial charge in [-0.15, -0.1) is 0 Å². The van der Waals surface area contributed by atoms with Gasteiger partial charge in [0.25, 0.3) is 5.91 Å². The molecule has 128 valence electrons. The number of amides is 1. The summed E-state index contributed by atoms with van der Waals surface area (Å²) in [6, 6.07) is 12.7. The van der Waals surface area contributed by atoms with E-state index in [2.05, 4.69) is 5.32 Å². The third kappa shape index (κ3) is 3.12. The van der Waals surface area contributed by atoms with Gasteiger partial charge < -0.3 is 30.5 Å². The molecule has 7 heteroatoms. The molecule has 3 rings (SSSR count). The first-order chi connectivity index (χ1) is 11.5. The second-order valence-electron chi connectivity index (χ2n) is 5.78. The third-order valence-corrected chi connectivity index (χ3v) is 4.18. The maximum absolute atomic E-state index is 12.4. The molecule has 0 bridgehead atoms. The van der Waals surface area contributed by atoms with Crippen molar-refractivity contribution in [2.45, 2.75) is 30.6 Å². The van der Waals surface area contributed by atoms with E-state index < -0.39 is 43.2 Å². The molecule has 1 heterocycles. The molecule has 1 unspecified atom stereocenters. The summed E-state index contributed by atoms with van der Waals surface area (Å²) in [5.41, 5.74) is 0.366. The van der Waals surface area contributed by atoms with E-state index in [9.17, 15) is 20.1 Å². The van der Waals surface area contributed by atoms with E-state index in [1.807, 2.05) is 24.3 Å². The van der Waals surface area contributed by atoms with Crippen molar-refractivity contribution in [3.05, 3.63) is 48.0 Å². The van der Waals surface area contributed by atoms with Gasteiger partial charge >= 0.3 is 0 Å². The average molecular weight is 333 g/mol. The second-order valence-corrected chi connectivity index (χ2v) is 5.78. The number of fused-ring (bicyclic) bond motifs is 1. The molecule has 7 nitrogen and oxygen atoms in total. The van der Waals surface area contributed by atoms with Crippen molar-refractivity contribution in [2.75, 3.05) is 6.61 Å². The van der Waals surface area contributed by atoms with Crippen molar-refractivity contribution in [1.29, 1.82) is 0 Å². The molecule has 2 aromatic rings. The first-order valence-corrected chi connectivity index (χ1v) is 7.61. The number of carbonyl (C=O) groups is 1. The minimum Gasteiger partial charge on any atom is -0.394 e. The molecule has 1 fully saturated rings. The van der Waals surface area contributed by atoms with Gasteiger partial charge in [-0.25, -0.2) is 0 Å². The van der Waals surface area contributed by atoms with Gasteiger partial charge in [-0.05, 0) is 22.9 Å². The van der Waals surface area contributed by atoms with Crippen LogP contribution in [0.25, 0.3) is 10.8 Å². The van der Waals surface area contributed by atoms with Gasteiger partial charge in [-0.1, -0.05) is 30.3 Å². The maximum Gasteiger partial charge on any atom is 0.253 e. The lowest BCUT2D eigenvalue weighted by molar-refractivity contribution is -0.233. The molecular formula is C17H19NO6. The highest BCUT2D eigenvalue weighted by Gasteiger charge is 2.44. The molecule has 2 aromatic carbocycles. The predicted octanol–water partition coefficient (Wildman–Crippen LogP) is -0.630. The van der Waals surface area contributed by atoms with Crippen LogP contribution < -0.4 is 5.32 Å². The molecule has 0 spiro atoms. The van der Waals surface area contributed by atoms with Crippen LogP contribution in [0.5, 0.6) is 0 Å². The van der Waals surface area contributed by atoms with Crippen LogP contribution in [0.4, 0.5) is 0 Å². The van der Waals surface area contributed by atoms with Gasteiger partial charge in [0.2, 0.25) is 0 Å². The van der Waals surface area contributed by atoms with E-state index in [-0.39, 0.29) is 0 Å². The number of ether oxygens (including phenoxy) is 1. The van der Waals surface area contributed by atoms with E-state index in [1.165, 1.54) is 0 Å². The first kappa shape index (κ1) is 16.8. The normalized spacial score (nSPS) is 30.2. The molecule has 1 saturated heterocycles. The van der Waals surface area contributed by atoms with Gasteiger partial charge in [0.15, 0.2) is 6.23 Å². The van der Waals surface area contributed by atoms with Crippen molar-refractivity contribution >= 4 is 16.7 Å². The van der Waals surface area contributed by atoms with E-state index in [1.54, 1.807) is 18.2 Å². The lowest BCUT2D eigenvalue weighted by atomic mass is 9.98. The topological polar surface area (TPSA) is 119 Å². The van der Waals surface area contributed by atoms with E-state index >= 15 is 0 Å². The summed E-state index contributed by atoms with van der Waals surface area (Å²) >= 11 is 0. The number of hydrogen-bond acceptors (Lipinski definition) is 6. The van der Waals surface area contributed by atoms with Gasteiger partial charge in [0.05, 0.1) is 6.61 Å². The Bertz CT molecular complexity index is 734. The van der Waals surface area contributed by atoms with Crippen LogP contribution in [-0.4, -0.2) is 63.6 Å². The van der Waals surface area contributed by atoms with Crippen molar-refractivity contribution in [3.8, 4) is 0 Å². The summed E-state index contributed by atoms with van der Waals surface area (Å²) in [4.78, 5) is 12.4. The van der Waals surface area contributed by atoms with E-state index in [0.717, 1.165) is 10.8 Å². The van der Waals surface area contributed by atoms with Crippen molar-refractivity contribution in [1.82, 2.24) is 5.32 Å². The molecular weight excluding hydrogens is 314 g/mol. The molecule has 0 aliphatic carbocycles. The summed E-state index contributed by atoms with van der Waals surface area (Å²) in [5.74, 6) is -0.495. The Kier molecular flexibility index (Phi) is 4.79. The number of rotatable bonds is 3. The summed E-state index contributed by atoms with van der Waals surface area (Å²) in [6.07, 6.45) is -6.80. The lowest BCUT2D eigenvalue weighted by Gasteiger charge is -2.40. The highest BCUT2D eigenvalue weighted by Crippen LogP contribution is 2.21. The zero-order valence-electron chi connectivity index (χ0n) is 12.7. The van der Waals surface area contributed by atoms with Crippen molar-refractivity contribution < 1.29 is 30.0 Å². The van der Waals surface area contributed by atoms with Gasteiger partial charge in [0, 0.05) is 5.56 Å². The zero-order valence-corrected chi connectivity index (χ0v) is 12.7. The molecule has 24 heavy (non-hydrogen) atoms. The Balaban J connectivity index is 1.77. The largest absolute Gasteiger partial charge is 0.394 e. The Morgan fingerprint density at radius 2 is 1.71 bits per heavy atom. The Morgan fingerprint density at radius 3 is 2.42 bits per heavy atom. The fourth-order valence-corrected chi connectivity index (χ4v) is 2.76. The molecule has 1 aliphatic heterocycles. The number of benzene rings is 2. The number of carbonyl (C=O) groups excluding carboxylic acids is 1. The number of aliphatic hydroxyl groups excluding tert-OH is 4. The van der Waals surface area contributed by atoms with Crippen molar-refractivity contribution in [2.24, 2.45) is 0 Å². The molecule has 0 radical (unpaired) electrons. The van der Waals surface area contributed by atoms with Gasteiger partial charge in [-0.3, -0.25) is 4.79 Å². The summed E-state index contributed by atoms with van der Waals surface area (Å²) in [6.45, 7) is -0.548. The predicted molar refractivity (Wildman–Crippen MR) is 85.2 cm³/mol. The highest BCUT2D eigenvalue weighted by atomic mass is 16.6. The summed E-state index contributed by atoms with van der Waals surface area (Å²) < 4.78 is 5.27. The molecule has 1 amide bonds. The van der Waals surface area contributed by atoms with Crippen LogP contribution in [0.15, 0.2) is 42.5 Å². The van der Waals surface area contributed by atoms with Crippen molar-refractivity contribution in [3.63, 3.8) is 0 Å². The molecule has 0 saturated carbocycles. The SMILES string of the molecule is O=C(NC1O[C@H](CO)[C@@H](O)[C@H](O)[C@H]1O)c1ccc2ccccc2c1. The Hall–Kier alpha value is -2.03. The Labute approximate surface area is 138 Å². The fraction of sp³-hybridized carbons (Fsp3) is 0.353. The van der Waals surface area contributed by atoms with Crippen LogP contribution in [0.3, 0.4) is 0 Å². The monoisotopic (exact) mass is 333 g/mol. The quantitative estimate of drug-likeness (QED) is 0.510. The van der Waals surface area contributed by atoms with Crippen LogP contribution in [0.2, 0.25) is 0 Å².